The summed E-state index contributed by atoms with van der Waals surface area (Å²) in [6.45, 7) is 1.81. The van der Waals surface area contributed by atoms with E-state index in [1.54, 1.807) is 0 Å². The van der Waals surface area contributed by atoms with Crippen molar-refractivity contribution in [3.05, 3.63) is 41.8 Å². The molecule has 1 unspecified atom stereocenters. The number of carbonyl (C=O) groups excluding carboxylic acids is 1. The number of carbonyl (C=O) groups is 1. The van der Waals surface area contributed by atoms with Crippen LogP contribution >= 0.6 is 0 Å². The average Bonchev–Trinajstić information content (AvgIpc) is 2.95. The van der Waals surface area contributed by atoms with Gasteiger partial charge < -0.3 is 9.73 Å². The monoisotopic (exact) mass is 243 g/mol. The maximum atomic E-state index is 12.0. The standard InChI is InChI=1S/C13H13N3O2/c1-8-7-18-13(14-8)16-12(17)11-6-9-4-2-3-5-10(9)15-11/h2-5,7,11,15H,6H2,1H3,(H,14,16,17). The minimum absolute atomic E-state index is 0.131. The van der Waals surface area contributed by atoms with Crippen LogP contribution in [-0.2, 0) is 11.2 Å². The van der Waals surface area contributed by atoms with E-state index in [0.29, 0.717) is 6.42 Å². The number of hydrogen-bond donors (Lipinski definition) is 2. The molecule has 5 heteroatoms. The molecule has 1 aromatic carbocycles. The quantitative estimate of drug-likeness (QED) is 0.846. The van der Waals surface area contributed by atoms with Gasteiger partial charge in [0.05, 0.1) is 5.69 Å². The molecule has 5 nitrogen and oxygen atoms in total. The van der Waals surface area contributed by atoms with Crippen LogP contribution in [0.5, 0.6) is 0 Å². The number of rotatable bonds is 2. The lowest BCUT2D eigenvalue weighted by molar-refractivity contribution is -0.116. The number of nitrogens with one attached hydrogen (secondary N) is 2. The normalized spacial score (nSPS) is 17.1. The van der Waals surface area contributed by atoms with Gasteiger partial charge in [-0.25, -0.2) is 0 Å². The molecular weight excluding hydrogens is 230 g/mol. The molecule has 2 heterocycles. The summed E-state index contributed by atoms with van der Waals surface area (Å²) < 4.78 is 5.10. The van der Waals surface area contributed by atoms with Crippen molar-refractivity contribution >= 4 is 17.6 Å². The van der Waals surface area contributed by atoms with Crippen LogP contribution in [0.3, 0.4) is 0 Å². The Labute approximate surface area is 104 Å². The molecule has 0 radical (unpaired) electrons. The topological polar surface area (TPSA) is 67.2 Å². The van der Waals surface area contributed by atoms with Crippen LogP contribution in [0.1, 0.15) is 11.3 Å². The zero-order valence-electron chi connectivity index (χ0n) is 9.93. The van der Waals surface area contributed by atoms with E-state index in [2.05, 4.69) is 15.6 Å². The fourth-order valence-corrected chi connectivity index (χ4v) is 2.06. The number of amides is 1. The lowest BCUT2D eigenvalue weighted by Crippen LogP contribution is -2.32. The zero-order chi connectivity index (χ0) is 12.5. The van der Waals surface area contributed by atoms with Crippen LogP contribution in [-0.4, -0.2) is 16.9 Å². The summed E-state index contributed by atoms with van der Waals surface area (Å²) in [5, 5.41) is 5.84. The van der Waals surface area contributed by atoms with Gasteiger partial charge in [0.15, 0.2) is 0 Å². The Balaban J connectivity index is 1.69. The summed E-state index contributed by atoms with van der Waals surface area (Å²) in [4.78, 5) is 16.1. The Morgan fingerprint density at radius 1 is 1.50 bits per heavy atom. The van der Waals surface area contributed by atoms with Crippen molar-refractivity contribution in [1.29, 1.82) is 0 Å². The van der Waals surface area contributed by atoms with Crippen molar-refractivity contribution in [3.63, 3.8) is 0 Å². The second kappa shape index (κ2) is 4.18. The van der Waals surface area contributed by atoms with E-state index < -0.39 is 0 Å². The summed E-state index contributed by atoms with van der Waals surface area (Å²) in [6.07, 6.45) is 2.19. The van der Waals surface area contributed by atoms with Crippen LogP contribution in [0.2, 0.25) is 0 Å². The molecule has 0 fully saturated rings. The van der Waals surface area contributed by atoms with Gasteiger partial charge in [-0.05, 0) is 18.6 Å². The zero-order valence-corrected chi connectivity index (χ0v) is 9.93. The molecule has 1 aromatic heterocycles. The molecular formula is C13H13N3O2. The first-order chi connectivity index (χ1) is 8.72. The first-order valence-electron chi connectivity index (χ1n) is 5.80. The van der Waals surface area contributed by atoms with Crippen LogP contribution in [0.15, 0.2) is 34.9 Å². The Kier molecular flexibility index (Phi) is 2.51. The van der Waals surface area contributed by atoms with Gasteiger partial charge in [0.25, 0.3) is 5.91 Å². The van der Waals surface area contributed by atoms with Gasteiger partial charge in [-0.2, -0.15) is 4.98 Å². The van der Waals surface area contributed by atoms with E-state index in [0.717, 1.165) is 16.9 Å². The van der Waals surface area contributed by atoms with E-state index in [9.17, 15) is 4.79 Å². The van der Waals surface area contributed by atoms with E-state index in [1.165, 1.54) is 6.26 Å². The molecule has 18 heavy (non-hydrogen) atoms. The largest absolute Gasteiger partial charge is 0.432 e. The van der Waals surface area contributed by atoms with Crippen LogP contribution in [0.4, 0.5) is 11.7 Å². The minimum Gasteiger partial charge on any atom is -0.432 e. The first-order valence-corrected chi connectivity index (χ1v) is 5.80. The predicted octanol–water partition coefficient (Wildman–Crippen LogP) is 1.96. The summed E-state index contributed by atoms with van der Waals surface area (Å²) in [6, 6.07) is 7.88. The highest BCUT2D eigenvalue weighted by Crippen LogP contribution is 2.25. The van der Waals surface area contributed by atoms with E-state index in [-0.39, 0.29) is 18.0 Å². The highest BCUT2D eigenvalue weighted by Gasteiger charge is 2.27. The van der Waals surface area contributed by atoms with Crippen LogP contribution < -0.4 is 10.6 Å². The number of oxazole rings is 1. The molecule has 1 aliphatic rings. The molecule has 0 aliphatic carbocycles. The van der Waals surface area contributed by atoms with Gasteiger partial charge in [-0.3, -0.25) is 10.1 Å². The Morgan fingerprint density at radius 2 is 2.33 bits per heavy atom. The highest BCUT2D eigenvalue weighted by molar-refractivity contribution is 5.96. The molecule has 1 amide bonds. The van der Waals surface area contributed by atoms with Gasteiger partial charge in [0.1, 0.15) is 12.3 Å². The highest BCUT2D eigenvalue weighted by atomic mass is 16.4. The molecule has 1 atom stereocenters. The van der Waals surface area contributed by atoms with Crippen LogP contribution in [0, 0.1) is 6.92 Å². The summed E-state index contributed by atoms with van der Waals surface area (Å²) >= 11 is 0. The molecule has 1 aliphatic heterocycles. The summed E-state index contributed by atoms with van der Waals surface area (Å²) in [7, 11) is 0. The Hall–Kier alpha value is -2.30. The number of aryl methyl sites for hydroxylation is 1. The van der Waals surface area contributed by atoms with Crippen molar-refractivity contribution in [1.82, 2.24) is 4.98 Å². The summed E-state index contributed by atoms with van der Waals surface area (Å²) in [5.74, 6) is -0.131. The number of anilines is 2. The third-order valence-electron chi connectivity index (χ3n) is 2.94. The fraction of sp³-hybridized carbons (Fsp3) is 0.231. The number of benzene rings is 1. The van der Waals surface area contributed by atoms with Gasteiger partial charge in [0, 0.05) is 12.1 Å². The van der Waals surface area contributed by atoms with Gasteiger partial charge in [0.2, 0.25) is 0 Å². The Morgan fingerprint density at radius 3 is 3.06 bits per heavy atom. The molecule has 0 spiro atoms. The minimum atomic E-state index is -0.269. The second-order valence-electron chi connectivity index (χ2n) is 4.34. The lowest BCUT2D eigenvalue weighted by Gasteiger charge is -2.09. The van der Waals surface area contributed by atoms with Crippen molar-refractivity contribution in [3.8, 4) is 0 Å². The maximum absolute atomic E-state index is 12.0. The smallest absolute Gasteiger partial charge is 0.301 e. The van der Waals surface area contributed by atoms with Gasteiger partial charge in [-0.1, -0.05) is 18.2 Å². The average molecular weight is 243 g/mol. The van der Waals surface area contributed by atoms with Gasteiger partial charge in [-0.15, -0.1) is 0 Å². The number of para-hydroxylation sites is 1. The summed E-state index contributed by atoms with van der Waals surface area (Å²) in [5.41, 5.74) is 2.91. The molecule has 2 N–H and O–H groups in total. The SMILES string of the molecule is Cc1coc(NC(=O)C2Cc3ccccc3N2)n1. The van der Waals surface area contributed by atoms with Crippen molar-refractivity contribution in [2.45, 2.75) is 19.4 Å². The van der Waals surface area contributed by atoms with Crippen molar-refractivity contribution < 1.29 is 9.21 Å². The number of fused-ring (bicyclic) bond motifs is 1. The third kappa shape index (κ3) is 1.95. The van der Waals surface area contributed by atoms with Crippen LogP contribution in [0.25, 0.3) is 0 Å². The Bertz CT molecular complexity index is 566. The lowest BCUT2D eigenvalue weighted by atomic mass is 10.1. The first kappa shape index (κ1) is 10.8. The van der Waals surface area contributed by atoms with E-state index >= 15 is 0 Å². The second-order valence-corrected chi connectivity index (χ2v) is 4.34. The molecule has 0 saturated carbocycles. The molecule has 2 aromatic rings. The molecule has 3 rings (SSSR count). The van der Waals surface area contributed by atoms with E-state index in [1.807, 2.05) is 31.2 Å². The van der Waals surface area contributed by atoms with Gasteiger partial charge >= 0.3 is 6.01 Å². The molecule has 0 saturated heterocycles. The van der Waals surface area contributed by atoms with Crippen molar-refractivity contribution in [2.24, 2.45) is 0 Å². The van der Waals surface area contributed by atoms with Crippen molar-refractivity contribution in [2.75, 3.05) is 10.6 Å². The molecule has 0 bridgehead atoms. The third-order valence-corrected chi connectivity index (χ3v) is 2.94. The predicted molar refractivity (Wildman–Crippen MR) is 67.4 cm³/mol. The van der Waals surface area contributed by atoms with E-state index in [4.69, 9.17) is 4.42 Å². The number of nitrogens with zero attached hydrogens (tertiary/aromatic N) is 1. The maximum Gasteiger partial charge on any atom is 0.301 e. The molecule has 92 valence electrons. The number of aromatic nitrogens is 1. The fourth-order valence-electron chi connectivity index (χ4n) is 2.06. The number of hydrogen-bond acceptors (Lipinski definition) is 4.